The Kier molecular flexibility index (Phi) is 4.91. The average molecular weight is 276 g/mol. The molecule has 1 amide bonds. The molecule has 0 radical (unpaired) electrons. The van der Waals surface area contributed by atoms with Crippen LogP contribution in [0.3, 0.4) is 0 Å². The second-order valence-electron chi connectivity index (χ2n) is 4.09. The summed E-state index contributed by atoms with van der Waals surface area (Å²) in [5, 5.41) is 9.10. The SMILES string of the molecule is NC(=O)c1ccc[n+](Cc2ccccc2C(=O)O)c1.[F-]. The van der Waals surface area contributed by atoms with E-state index in [-0.39, 0.29) is 10.3 Å². The lowest BCUT2D eigenvalue weighted by Crippen LogP contribution is -3.00. The molecule has 0 fully saturated rings. The minimum absolute atomic E-state index is 0. The Morgan fingerprint density at radius 1 is 1.15 bits per heavy atom. The molecule has 0 spiro atoms. The highest BCUT2D eigenvalue weighted by atomic mass is 19.0. The number of rotatable bonds is 4. The van der Waals surface area contributed by atoms with Gasteiger partial charge in [0.25, 0.3) is 5.91 Å². The summed E-state index contributed by atoms with van der Waals surface area (Å²) in [6, 6.07) is 10.1. The Labute approximate surface area is 114 Å². The number of nitrogens with zero attached hydrogens (tertiary/aromatic N) is 1. The third-order valence-electron chi connectivity index (χ3n) is 2.74. The molecule has 2 aromatic rings. The van der Waals surface area contributed by atoms with Gasteiger partial charge in [0.05, 0.1) is 5.56 Å². The lowest BCUT2D eigenvalue weighted by atomic mass is 10.1. The van der Waals surface area contributed by atoms with E-state index in [1.807, 2.05) is 0 Å². The van der Waals surface area contributed by atoms with Crippen LogP contribution in [0.2, 0.25) is 0 Å². The van der Waals surface area contributed by atoms with Crippen LogP contribution in [-0.4, -0.2) is 17.0 Å². The Hall–Kier alpha value is -2.76. The van der Waals surface area contributed by atoms with Crippen LogP contribution in [0, 0.1) is 0 Å². The van der Waals surface area contributed by atoms with Gasteiger partial charge in [-0.2, -0.15) is 4.57 Å². The molecule has 0 aliphatic rings. The van der Waals surface area contributed by atoms with Crippen molar-refractivity contribution in [1.82, 2.24) is 0 Å². The third kappa shape index (κ3) is 3.38. The van der Waals surface area contributed by atoms with E-state index in [0.29, 0.717) is 17.7 Å². The fraction of sp³-hybridized carbons (Fsp3) is 0.0714. The Morgan fingerprint density at radius 3 is 2.50 bits per heavy atom. The summed E-state index contributed by atoms with van der Waals surface area (Å²) in [6.07, 6.45) is 3.35. The maximum Gasteiger partial charge on any atom is 0.336 e. The Bertz CT molecular complexity index is 644. The molecule has 0 aliphatic heterocycles. The van der Waals surface area contributed by atoms with Crippen molar-refractivity contribution in [3.05, 3.63) is 65.5 Å². The molecule has 0 saturated heterocycles. The van der Waals surface area contributed by atoms with Crippen molar-refractivity contribution in [1.29, 1.82) is 0 Å². The number of carbonyl (C=O) groups excluding carboxylic acids is 1. The number of carboxylic acid groups (broad SMARTS) is 1. The standard InChI is InChI=1S/C14H12N2O3.FH/c15-13(17)11-5-3-7-16(9-11)8-10-4-1-2-6-12(10)14(18)19;/h1-7,9H,8H2,(H2-,15,17,18,19);1H. The third-order valence-corrected chi connectivity index (χ3v) is 2.74. The van der Waals surface area contributed by atoms with Gasteiger partial charge in [-0.1, -0.05) is 18.2 Å². The Morgan fingerprint density at radius 2 is 1.85 bits per heavy atom. The first kappa shape index (κ1) is 15.3. The minimum Gasteiger partial charge on any atom is -1.00 e. The highest BCUT2D eigenvalue weighted by Gasteiger charge is 2.14. The van der Waals surface area contributed by atoms with Gasteiger partial charge in [-0.15, -0.1) is 0 Å². The molecule has 3 N–H and O–H groups in total. The molecule has 0 unspecified atom stereocenters. The van der Waals surface area contributed by atoms with Crippen molar-refractivity contribution in [2.45, 2.75) is 6.54 Å². The molecule has 2 rings (SSSR count). The number of hydrogen-bond acceptors (Lipinski definition) is 2. The summed E-state index contributed by atoms with van der Waals surface area (Å²) in [5.41, 5.74) is 6.51. The van der Waals surface area contributed by atoms with Crippen molar-refractivity contribution in [3.8, 4) is 0 Å². The number of aromatic nitrogens is 1. The molecular formula is C14H13FN2O3. The van der Waals surface area contributed by atoms with Crippen LogP contribution in [0.25, 0.3) is 0 Å². The van der Waals surface area contributed by atoms with Gasteiger partial charge in [0.15, 0.2) is 18.9 Å². The van der Waals surface area contributed by atoms with Gasteiger partial charge >= 0.3 is 5.97 Å². The van der Waals surface area contributed by atoms with Crippen LogP contribution in [0.15, 0.2) is 48.8 Å². The molecule has 6 heteroatoms. The highest BCUT2D eigenvalue weighted by molar-refractivity contribution is 5.92. The van der Waals surface area contributed by atoms with Gasteiger partial charge in [0.1, 0.15) is 5.56 Å². The van der Waals surface area contributed by atoms with E-state index >= 15 is 0 Å². The van der Waals surface area contributed by atoms with Crippen LogP contribution in [-0.2, 0) is 6.54 Å². The first-order valence-electron chi connectivity index (χ1n) is 5.68. The van der Waals surface area contributed by atoms with Gasteiger partial charge in [-0.25, -0.2) is 4.79 Å². The number of hydrogen-bond donors (Lipinski definition) is 2. The van der Waals surface area contributed by atoms with E-state index < -0.39 is 11.9 Å². The summed E-state index contributed by atoms with van der Waals surface area (Å²) in [7, 11) is 0. The quantitative estimate of drug-likeness (QED) is 0.623. The van der Waals surface area contributed by atoms with Crippen molar-refractivity contribution < 1.29 is 24.0 Å². The summed E-state index contributed by atoms with van der Waals surface area (Å²) >= 11 is 0. The van der Waals surface area contributed by atoms with Crippen molar-refractivity contribution >= 4 is 11.9 Å². The predicted octanol–water partition coefficient (Wildman–Crippen LogP) is -2.18. The zero-order valence-corrected chi connectivity index (χ0v) is 10.5. The molecule has 0 atom stereocenters. The van der Waals surface area contributed by atoms with E-state index in [1.54, 1.807) is 53.4 Å². The topological polar surface area (TPSA) is 84.3 Å². The lowest BCUT2D eigenvalue weighted by Gasteiger charge is -2.03. The molecule has 0 bridgehead atoms. The Balaban J connectivity index is 0.00000200. The van der Waals surface area contributed by atoms with E-state index in [9.17, 15) is 9.59 Å². The molecule has 0 aliphatic carbocycles. The summed E-state index contributed by atoms with van der Waals surface area (Å²) < 4.78 is 1.72. The molecule has 1 aromatic carbocycles. The van der Waals surface area contributed by atoms with E-state index in [2.05, 4.69) is 0 Å². The number of carbonyl (C=O) groups is 2. The lowest BCUT2D eigenvalue weighted by molar-refractivity contribution is -0.688. The number of amides is 1. The number of primary amides is 1. The second-order valence-corrected chi connectivity index (χ2v) is 4.09. The smallest absolute Gasteiger partial charge is 0.336 e. The summed E-state index contributed by atoms with van der Waals surface area (Å²) in [4.78, 5) is 22.2. The number of pyridine rings is 1. The first-order chi connectivity index (χ1) is 9.08. The summed E-state index contributed by atoms with van der Waals surface area (Å²) in [5.74, 6) is -1.48. The largest absolute Gasteiger partial charge is 1.00 e. The van der Waals surface area contributed by atoms with Crippen LogP contribution in [0.4, 0.5) is 0 Å². The van der Waals surface area contributed by atoms with E-state index in [0.717, 1.165) is 0 Å². The van der Waals surface area contributed by atoms with E-state index in [1.165, 1.54) is 0 Å². The van der Waals surface area contributed by atoms with Gasteiger partial charge in [-0.05, 0) is 12.1 Å². The molecule has 104 valence electrons. The molecule has 20 heavy (non-hydrogen) atoms. The number of aromatic carboxylic acids is 1. The van der Waals surface area contributed by atoms with Crippen LogP contribution >= 0.6 is 0 Å². The minimum atomic E-state index is -0.970. The van der Waals surface area contributed by atoms with Crippen LogP contribution in [0.5, 0.6) is 0 Å². The molecule has 0 saturated carbocycles. The van der Waals surface area contributed by atoms with Crippen LogP contribution in [0.1, 0.15) is 26.3 Å². The molecular weight excluding hydrogens is 263 g/mol. The second kappa shape index (κ2) is 6.42. The maximum absolute atomic E-state index is 11.1. The monoisotopic (exact) mass is 276 g/mol. The van der Waals surface area contributed by atoms with Gasteiger partial charge in [0, 0.05) is 11.6 Å². The van der Waals surface area contributed by atoms with Gasteiger partial charge in [-0.3, -0.25) is 4.79 Å². The van der Waals surface area contributed by atoms with Crippen molar-refractivity contribution in [2.24, 2.45) is 5.73 Å². The predicted molar refractivity (Wildman–Crippen MR) is 67.7 cm³/mol. The summed E-state index contributed by atoms with van der Waals surface area (Å²) in [6.45, 7) is 0.365. The van der Waals surface area contributed by atoms with Gasteiger partial charge < -0.3 is 15.5 Å². The van der Waals surface area contributed by atoms with Gasteiger partial charge in [0.2, 0.25) is 0 Å². The molecule has 1 heterocycles. The van der Waals surface area contributed by atoms with Crippen molar-refractivity contribution in [3.63, 3.8) is 0 Å². The molecule has 5 nitrogen and oxygen atoms in total. The van der Waals surface area contributed by atoms with Crippen molar-refractivity contribution in [2.75, 3.05) is 0 Å². The number of carboxylic acids is 1. The van der Waals surface area contributed by atoms with E-state index in [4.69, 9.17) is 10.8 Å². The number of halogens is 1. The number of benzene rings is 1. The number of nitrogens with two attached hydrogens (primary N) is 1. The normalized spacial score (nSPS) is 9.60. The fourth-order valence-electron chi connectivity index (χ4n) is 1.83. The van der Waals surface area contributed by atoms with Crippen LogP contribution < -0.4 is 15.0 Å². The highest BCUT2D eigenvalue weighted by Crippen LogP contribution is 2.08. The average Bonchev–Trinajstić information content (AvgIpc) is 2.39. The first-order valence-corrected chi connectivity index (χ1v) is 5.68. The zero-order chi connectivity index (χ0) is 13.8. The fourth-order valence-corrected chi connectivity index (χ4v) is 1.83. The molecule has 1 aromatic heterocycles. The maximum atomic E-state index is 11.1. The zero-order valence-electron chi connectivity index (χ0n) is 10.5.